The number of anilines is 2. The van der Waals surface area contributed by atoms with E-state index >= 15 is 0 Å². The van der Waals surface area contributed by atoms with Crippen LogP contribution in [0, 0.1) is 13.8 Å². The summed E-state index contributed by atoms with van der Waals surface area (Å²) in [7, 11) is 0. The van der Waals surface area contributed by atoms with Crippen LogP contribution in [0.3, 0.4) is 0 Å². The first-order chi connectivity index (χ1) is 16.2. The van der Waals surface area contributed by atoms with E-state index in [0.29, 0.717) is 17.0 Å². The van der Waals surface area contributed by atoms with Crippen LogP contribution in [0.2, 0.25) is 0 Å². The van der Waals surface area contributed by atoms with Crippen LogP contribution in [0.25, 0.3) is 0 Å². The van der Waals surface area contributed by atoms with Gasteiger partial charge in [-0.1, -0.05) is 37.5 Å². The number of hydrogen-bond acceptors (Lipinski definition) is 4. The first-order valence-electron chi connectivity index (χ1n) is 12.0. The maximum absolute atomic E-state index is 13.2. The lowest BCUT2D eigenvalue weighted by molar-refractivity contribution is -0.134. The van der Waals surface area contributed by atoms with Crippen molar-refractivity contribution >= 4 is 29.1 Å². The van der Waals surface area contributed by atoms with Gasteiger partial charge in [0, 0.05) is 17.3 Å². The Morgan fingerprint density at radius 2 is 1.74 bits per heavy atom. The normalized spacial score (nSPS) is 17.5. The Hall–Kier alpha value is -3.35. The van der Waals surface area contributed by atoms with Gasteiger partial charge in [-0.25, -0.2) is 0 Å². The number of nitrogens with zero attached hydrogens (tertiary/aromatic N) is 1. The molecule has 7 heteroatoms. The lowest BCUT2D eigenvalue weighted by Crippen LogP contribution is -2.55. The number of fused-ring (bicyclic) bond motifs is 1. The molecule has 1 aliphatic heterocycles. The number of carbonyl (C=O) groups is 3. The van der Waals surface area contributed by atoms with Crippen molar-refractivity contribution in [3.8, 4) is 5.75 Å². The fourth-order valence-corrected chi connectivity index (χ4v) is 4.73. The van der Waals surface area contributed by atoms with Crippen molar-refractivity contribution in [3.63, 3.8) is 0 Å². The van der Waals surface area contributed by atoms with Crippen molar-refractivity contribution in [2.75, 3.05) is 16.8 Å². The van der Waals surface area contributed by atoms with E-state index in [2.05, 4.69) is 10.6 Å². The Kier molecular flexibility index (Phi) is 6.64. The summed E-state index contributed by atoms with van der Waals surface area (Å²) in [5.74, 6) is -0.330. The maximum Gasteiger partial charge on any atom is 0.271 e. The Balaban J connectivity index is 1.59. The topological polar surface area (TPSA) is 87.7 Å². The molecule has 0 spiro atoms. The minimum Gasteiger partial charge on any atom is -0.476 e. The number of ether oxygens (including phenoxy) is 1. The Labute approximate surface area is 200 Å². The summed E-state index contributed by atoms with van der Waals surface area (Å²) in [5, 5.41) is 6.05. The van der Waals surface area contributed by atoms with Crippen LogP contribution in [0.15, 0.2) is 36.4 Å². The molecule has 0 aromatic heterocycles. The van der Waals surface area contributed by atoms with Crippen LogP contribution < -0.4 is 20.3 Å². The Morgan fingerprint density at radius 1 is 1.06 bits per heavy atom. The van der Waals surface area contributed by atoms with Crippen LogP contribution in [0.1, 0.15) is 67.4 Å². The average molecular weight is 464 g/mol. The highest BCUT2D eigenvalue weighted by Gasteiger charge is 2.42. The third-order valence-corrected chi connectivity index (χ3v) is 6.63. The molecule has 0 radical (unpaired) electrons. The fraction of sp³-hybridized carbons (Fsp3) is 0.444. The predicted molar refractivity (Wildman–Crippen MR) is 132 cm³/mol. The molecule has 0 saturated heterocycles. The third-order valence-electron chi connectivity index (χ3n) is 6.63. The number of hydrogen-bond donors (Lipinski definition) is 2. The van der Waals surface area contributed by atoms with Crippen LogP contribution in [-0.2, 0) is 9.59 Å². The van der Waals surface area contributed by atoms with Gasteiger partial charge in [-0.3, -0.25) is 19.3 Å². The molecule has 0 atom stereocenters. The second kappa shape index (κ2) is 9.49. The molecule has 1 heterocycles. The van der Waals surface area contributed by atoms with Crippen LogP contribution in [-0.4, -0.2) is 35.9 Å². The monoisotopic (exact) mass is 463 g/mol. The van der Waals surface area contributed by atoms with Crippen LogP contribution in [0.4, 0.5) is 11.4 Å². The summed E-state index contributed by atoms with van der Waals surface area (Å²) < 4.78 is 5.93. The standard InChI is InChI=1S/C27H33N3O4/c1-17-9-8-10-18(2)24(17)29-25(32)19-13-14-22-21(15-19)30(26(33)27(3,4)34-22)16-23(31)28-20-11-6-5-7-12-20/h8-10,13-15,20H,5-7,11-12,16H2,1-4H3,(H,28,31)(H,29,32). The molecule has 180 valence electrons. The molecular formula is C27H33N3O4. The number of aryl methyl sites for hydroxylation is 2. The maximum atomic E-state index is 13.2. The largest absolute Gasteiger partial charge is 0.476 e. The summed E-state index contributed by atoms with van der Waals surface area (Å²) in [6, 6.07) is 11.0. The zero-order valence-corrected chi connectivity index (χ0v) is 20.4. The van der Waals surface area contributed by atoms with Crippen molar-refractivity contribution in [2.24, 2.45) is 0 Å². The summed E-state index contributed by atoms with van der Waals surface area (Å²) in [5.41, 5.74) is 2.40. The van der Waals surface area contributed by atoms with E-state index < -0.39 is 5.60 Å². The molecule has 0 bridgehead atoms. The number of amides is 3. The zero-order valence-electron chi connectivity index (χ0n) is 20.4. The van der Waals surface area contributed by atoms with Crippen LogP contribution >= 0.6 is 0 Å². The van der Waals surface area contributed by atoms with Crippen molar-refractivity contribution < 1.29 is 19.1 Å². The lowest BCUT2D eigenvalue weighted by atomic mass is 9.95. The number of carbonyl (C=O) groups excluding carboxylic acids is 3. The van der Waals surface area contributed by atoms with E-state index in [9.17, 15) is 14.4 Å². The second-order valence-corrected chi connectivity index (χ2v) is 9.81. The van der Waals surface area contributed by atoms with Crippen molar-refractivity contribution in [3.05, 3.63) is 53.1 Å². The highest BCUT2D eigenvalue weighted by molar-refractivity contribution is 6.09. The fourth-order valence-electron chi connectivity index (χ4n) is 4.73. The van der Waals surface area contributed by atoms with Gasteiger partial charge in [0.05, 0.1) is 5.69 Å². The summed E-state index contributed by atoms with van der Waals surface area (Å²) in [6.45, 7) is 7.14. The summed E-state index contributed by atoms with van der Waals surface area (Å²) in [6.07, 6.45) is 5.34. The lowest BCUT2D eigenvalue weighted by Gasteiger charge is -2.38. The molecule has 2 aliphatic rings. The molecule has 2 N–H and O–H groups in total. The van der Waals surface area contributed by atoms with Gasteiger partial charge in [0.1, 0.15) is 12.3 Å². The molecule has 0 unspecified atom stereocenters. The van der Waals surface area contributed by atoms with Gasteiger partial charge in [-0.2, -0.15) is 0 Å². The molecule has 34 heavy (non-hydrogen) atoms. The van der Waals surface area contributed by atoms with E-state index in [1.165, 1.54) is 11.3 Å². The molecule has 1 fully saturated rings. The number of para-hydroxylation sites is 1. The Morgan fingerprint density at radius 3 is 2.41 bits per heavy atom. The van der Waals surface area contributed by atoms with E-state index in [1.54, 1.807) is 32.0 Å². The Bertz CT molecular complexity index is 1100. The van der Waals surface area contributed by atoms with Crippen molar-refractivity contribution in [1.29, 1.82) is 0 Å². The molecule has 1 saturated carbocycles. The summed E-state index contributed by atoms with van der Waals surface area (Å²) in [4.78, 5) is 40.6. The summed E-state index contributed by atoms with van der Waals surface area (Å²) >= 11 is 0. The van der Waals surface area contributed by atoms with E-state index in [4.69, 9.17) is 4.74 Å². The highest BCUT2D eigenvalue weighted by atomic mass is 16.5. The first kappa shape index (κ1) is 23.8. The highest BCUT2D eigenvalue weighted by Crippen LogP contribution is 2.38. The third kappa shape index (κ3) is 4.93. The van der Waals surface area contributed by atoms with E-state index in [0.717, 1.165) is 42.5 Å². The number of benzene rings is 2. The second-order valence-electron chi connectivity index (χ2n) is 9.81. The van der Waals surface area contributed by atoms with Crippen molar-refractivity contribution in [1.82, 2.24) is 5.32 Å². The SMILES string of the molecule is Cc1cccc(C)c1NC(=O)c1ccc2c(c1)N(CC(=O)NC1CCCCC1)C(=O)C(C)(C)O2. The van der Waals surface area contributed by atoms with Gasteiger partial charge >= 0.3 is 0 Å². The number of nitrogens with one attached hydrogen (secondary N) is 2. The van der Waals surface area contributed by atoms with Gasteiger partial charge in [0.2, 0.25) is 5.91 Å². The molecule has 2 aromatic rings. The van der Waals surface area contributed by atoms with E-state index in [-0.39, 0.29) is 30.3 Å². The molecule has 1 aliphatic carbocycles. The van der Waals surface area contributed by atoms with Gasteiger partial charge < -0.3 is 15.4 Å². The minimum atomic E-state index is -1.11. The smallest absolute Gasteiger partial charge is 0.271 e. The number of rotatable bonds is 5. The van der Waals surface area contributed by atoms with Gasteiger partial charge in [0.25, 0.3) is 11.8 Å². The van der Waals surface area contributed by atoms with Crippen LogP contribution in [0.5, 0.6) is 5.75 Å². The first-order valence-corrected chi connectivity index (χ1v) is 12.0. The minimum absolute atomic E-state index is 0.114. The van der Waals surface area contributed by atoms with Crippen molar-refractivity contribution in [2.45, 2.75) is 71.4 Å². The molecule has 3 amide bonds. The quantitative estimate of drug-likeness (QED) is 0.683. The van der Waals surface area contributed by atoms with Gasteiger partial charge in [-0.05, 0) is 69.9 Å². The molecular weight excluding hydrogens is 430 g/mol. The van der Waals surface area contributed by atoms with Gasteiger partial charge in [0.15, 0.2) is 5.60 Å². The van der Waals surface area contributed by atoms with E-state index in [1.807, 2.05) is 32.0 Å². The molecule has 4 rings (SSSR count). The molecule has 7 nitrogen and oxygen atoms in total. The average Bonchev–Trinajstić information content (AvgIpc) is 2.79. The van der Waals surface area contributed by atoms with Gasteiger partial charge in [-0.15, -0.1) is 0 Å². The predicted octanol–water partition coefficient (Wildman–Crippen LogP) is 4.51. The zero-order chi connectivity index (χ0) is 24.5. The molecule has 2 aromatic carbocycles.